The summed E-state index contributed by atoms with van der Waals surface area (Å²) in [6.07, 6.45) is -4.19. The van der Waals surface area contributed by atoms with E-state index in [1.165, 1.54) is 19.2 Å². The van der Waals surface area contributed by atoms with Gasteiger partial charge in [0.25, 0.3) is 0 Å². The normalized spacial score (nSPS) is 12.7. The van der Waals surface area contributed by atoms with Crippen molar-refractivity contribution in [2.45, 2.75) is 12.3 Å². The third-order valence-electron chi connectivity index (χ3n) is 4.00. The van der Waals surface area contributed by atoms with Crippen LogP contribution in [0.5, 0.6) is 5.88 Å². The lowest BCUT2D eigenvalue weighted by molar-refractivity contribution is -0.137. The summed E-state index contributed by atoms with van der Waals surface area (Å²) >= 11 is 0. The van der Waals surface area contributed by atoms with Crippen LogP contribution in [-0.2, 0) is 6.18 Å². The highest BCUT2D eigenvalue weighted by atomic mass is 19.4. The molecule has 0 radical (unpaired) electrons. The Bertz CT molecular complexity index is 895. The summed E-state index contributed by atoms with van der Waals surface area (Å²) < 4.78 is 44.0. The van der Waals surface area contributed by atoms with Gasteiger partial charge in [0, 0.05) is 17.3 Å². The van der Waals surface area contributed by atoms with Crippen molar-refractivity contribution in [3.05, 3.63) is 83.6 Å². The first-order valence-corrected chi connectivity index (χ1v) is 7.84. The topological polar surface area (TPSA) is 42.4 Å². The van der Waals surface area contributed by atoms with Crippen LogP contribution < -0.4 is 4.74 Å². The Morgan fingerprint density at radius 2 is 1.69 bits per heavy atom. The molecule has 2 aromatic carbocycles. The molecule has 6 heteroatoms. The number of hydrogen-bond acceptors (Lipinski definition) is 3. The Balaban J connectivity index is 2.05. The highest BCUT2D eigenvalue weighted by molar-refractivity contribution is 5.64. The molecular weight excluding hydrogens is 343 g/mol. The molecule has 3 nitrogen and oxygen atoms in total. The molecule has 1 aromatic heterocycles. The van der Waals surface area contributed by atoms with Crippen molar-refractivity contribution in [2.24, 2.45) is 0 Å². The SMILES string of the molecule is COc1ncc(-c2ccccc2)cc1C(O)c1cccc(C(F)(F)F)c1. The van der Waals surface area contributed by atoms with Gasteiger partial charge in [0.2, 0.25) is 5.88 Å². The van der Waals surface area contributed by atoms with E-state index < -0.39 is 17.8 Å². The molecule has 0 spiro atoms. The zero-order chi connectivity index (χ0) is 18.7. The number of methoxy groups -OCH3 is 1. The number of aromatic nitrogens is 1. The zero-order valence-electron chi connectivity index (χ0n) is 13.9. The molecule has 0 amide bonds. The minimum absolute atomic E-state index is 0.116. The van der Waals surface area contributed by atoms with Gasteiger partial charge in [-0.1, -0.05) is 42.5 Å². The summed E-state index contributed by atoms with van der Waals surface area (Å²) in [5.74, 6) is 0.162. The Kier molecular flexibility index (Phi) is 4.95. The van der Waals surface area contributed by atoms with Gasteiger partial charge in [-0.25, -0.2) is 4.98 Å². The first-order valence-electron chi connectivity index (χ1n) is 7.84. The van der Waals surface area contributed by atoms with Crippen molar-refractivity contribution < 1.29 is 23.0 Å². The quantitative estimate of drug-likeness (QED) is 0.724. The number of hydrogen-bond donors (Lipinski definition) is 1. The Morgan fingerprint density at radius 3 is 2.35 bits per heavy atom. The molecule has 1 atom stereocenters. The molecule has 0 aliphatic heterocycles. The van der Waals surface area contributed by atoms with E-state index in [2.05, 4.69) is 4.98 Å². The molecule has 0 aliphatic carbocycles. The van der Waals surface area contributed by atoms with Gasteiger partial charge in [-0.15, -0.1) is 0 Å². The maximum atomic E-state index is 12.9. The number of benzene rings is 2. The van der Waals surface area contributed by atoms with Crippen LogP contribution in [0.25, 0.3) is 11.1 Å². The smallest absolute Gasteiger partial charge is 0.416 e. The van der Waals surface area contributed by atoms with Crippen LogP contribution in [0.1, 0.15) is 22.8 Å². The molecule has 134 valence electrons. The number of aliphatic hydroxyl groups excluding tert-OH is 1. The van der Waals surface area contributed by atoms with Crippen LogP contribution in [0.4, 0.5) is 13.2 Å². The van der Waals surface area contributed by atoms with Gasteiger partial charge < -0.3 is 9.84 Å². The van der Waals surface area contributed by atoms with Crippen LogP contribution in [0.3, 0.4) is 0 Å². The van der Waals surface area contributed by atoms with E-state index in [4.69, 9.17) is 4.74 Å². The summed E-state index contributed by atoms with van der Waals surface area (Å²) in [5.41, 5.74) is 1.20. The molecule has 3 rings (SSSR count). The van der Waals surface area contributed by atoms with Crippen LogP contribution in [-0.4, -0.2) is 17.2 Å². The van der Waals surface area contributed by atoms with E-state index in [0.717, 1.165) is 23.3 Å². The molecule has 0 bridgehead atoms. The van der Waals surface area contributed by atoms with Crippen molar-refractivity contribution in [1.29, 1.82) is 0 Å². The van der Waals surface area contributed by atoms with Gasteiger partial charge in [0.1, 0.15) is 6.10 Å². The molecule has 1 N–H and O–H groups in total. The van der Waals surface area contributed by atoms with Crippen molar-refractivity contribution in [2.75, 3.05) is 7.11 Å². The molecule has 26 heavy (non-hydrogen) atoms. The lowest BCUT2D eigenvalue weighted by Gasteiger charge is -2.17. The molecule has 0 aliphatic rings. The van der Waals surface area contributed by atoms with Gasteiger partial charge in [-0.05, 0) is 29.3 Å². The molecule has 0 saturated heterocycles. The van der Waals surface area contributed by atoms with E-state index in [1.807, 2.05) is 30.3 Å². The number of nitrogens with zero attached hydrogens (tertiary/aromatic N) is 1. The van der Waals surface area contributed by atoms with Gasteiger partial charge in [-0.2, -0.15) is 13.2 Å². The maximum absolute atomic E-state index is 12.9. The first kappa shape index (κ1) is 17.9. The highest BCUT2D eigenvalue weighted by Crippen LogP contribution is 2.35. The molecule has 3 aromatic rings. The molecule has 0 fully saturated rings. The largest absolute Gasteiger partial charge is 0.481 e. The fraction of sp³-hybridized carbons (Fsp3) is 0.150. The van der Waals surface area contributed by atoms with Crippen molar-refractivity contribution in [3.8, 4) is 17.0 Å². The third kappa shape index (κ3) is 3.70. The fourth-order valence-electron chi connectivity index (χ4n) is 2.69. The van der Waals surface area contributed by atoms with Gasteiger partial charge in [0.05, 0.1) is 12.7 Å². The first-order chi connectivity index (χ1) is 12.4. The summed E-state index contributed by atoms with van der Waals surface area (Å²) in [4.78, 5) is 4.19. The lowest BCUT2D eigenvalue weighted by Crippen LogP contribution is -2.08. The monoisotopic (exact) mass is 359 g/mol. The highest BCUT2D eigenvalue weighted by Gasteiger charge is 2.31. The van der Waals surface area contributed by atoms with E-state index in [0.29, 0.717) is 5.56 Å². The van der Waals surface area contributed by atoms with E-state index >= 15 is 0 Å². The summed E-state index contributed by atoms with van der Waals surface area (Å²) in [6, 6.07) is 15.6. The number of alkyl halides is 3. The minimum Gasteiger partial charge on any atom is -0.481 e. The average molecular weight is 359 g/mol. The van der Waals surface area contributed by atoms with Crippen molar-refractivity contribution in [3.63, 3.8) is 0 Å². The van der Waals surface area contributed by atoms with Crippen LogP contribution in [0.15, 0.2) is 66.9 Å². The molecular formula is C20H16F3NO2. The summed E-state index contributed by atoms with van der Waals surface area (Å²) in [7, 11) is 1.40. The van der Waals surface area contributed by atoms with Gasteiger partial charge in [0.15, 0.2) is 0 Å². The second-order valence-corrected chi connectivity index (χ2v) is 5.71. The molecule has 1 heterocycles. The van der Waals surface area contributed by atoms with Crippen LogP contribution in [0, 0.1) is 0 Å². The zero-order valence-corrected chi connectivity index (χ0v) is 13.9. The van der Waals surface area contributed by atoms with Crippen molar-refractivity contribution in [1.82, 2.24) is 4.98 Å². The van der Waals surface area contributed by atoms with Crippen LogP contribution in [0.2, 0.25) is 0 Å². The van der Waals surface area contributed by atoms with Gasteiger partial charge in [-0.3, -0.25) is 0 Å². The summed E-state index contributed by atoms with van der Waals surface area (Å²) in [6.45, 7) is 0. The van der Waals surface area contributed by atoms with E-state index in [9.17, 15) is 18.3 Å². The number of ether oxygens (including phenoxy) is 1. The lowest BCUT2D eigenvalue weighted by atomic mass is 9.97. The average Bonchev–Trinajstić information content (AvgIpc) is 2.67. The second-order valence-electron chi connectivity index (χ2n) is 5.71. The standard InChI is InChI=1S/C20H16F3NO2/c1-26-19-17(11-15(12-24-19)13-6-3-2-4-7-13)18(25)14-8-5-9-16(10-14)20(21,22)23/h2-12,18,25H,1H3. The number of pyridine rings is 1. The third-order valence-corrected chi connectivity index (χ3v) is 4.00. The van der Waals surface area contributed by atoms with E-state index in [-0.39, 0.29) is 11.4 Å². The summed E-state index contributed by atoms with van der Waals surface area (Å²) in [5, 5.41) is 10.7. The molecule has 1 unspecified atom stereocenters. The number of aliphatic hydroxyl groups is 1. The maximum Gasteiger partial charge on any atom is 0.416 e. The predicted octanol–water partition coefficient (Wildman–Crippen LogP) is 4.86. The Morgan fingerprint density at radius 1 is 0.962 bits per heavy atom. The number of halogens is 3. The van der Waals surface area contributed by atoms with Gasteiger partial charge >= 0.3 is 6.18 Å². The Hall–Kier alpha value is -2.86. The Labute approximate surface area is 148 Å². The molecule has 0 saturated carbocycles. The second kappa shape index (κ2) is 7.17. The predicted molar refractivity (Wildman–Crippen MR) is 91.7 cm³/mol. The fourth-order valence-corrected chi connectivity index (χ4v) is 2.69. The number of rotatable bonds is 4. The van der Waals surface area contributed by atoms with E-state index in [1.54, 1.807) is 12.3 Å². The van der Waals surface area contributed by atoms with Crippen LogP contribution >= 0.6 is 0 Å². The van der Waals surface area contributed by atoms with Crippen molar-refractivity contribution >= 4 is 0 Å². The minimum atomic E-state index is -4.48.